The number of aromatic nitrogens is 2. The van der Waals surface area contributed by atoms with Gasteiger partial charge in [0.1, 0.15) is 11.5 Å². The van der Waals surface area contributed by atoms with Crippen molar-refractivity contribution in [3.05, 3.63) is 77.6 Å². The molecule has 5 aliphatic rings. The van der Waals surface area contributed by atoms with Gasteiger partial charge in [0.25, 0.3) is 5.91 Å². The van der Waals surface area contributed by atoms with E-state index in [0.717, 1.165) is 63.2 Å². The summed E-state index contributed by atoms with van der Waals surface area (Å²) in [4.78, 5) is 81.8. The fraction of sp³-hybridized carbons (Fsp3) is 0.542. The molecule has 0 aliphatic carbocycles. The molecule has 1 N–H and O–H groups in total. The SMILES string of the molecule is CCn1c(-c2cccnc2[C@H](C)OC)c2c3cc(ccc31)-c1cccc(c1)C[C@@]1(C=[N+]1C(=O)[C@H](C(C)C)[N+](C)(C)C(=O)[C@]1(C)CCN(C(=O)C#CCN3CCOCC3)C1)C(=O)N1CCC[C@H](N1)C(=O)OCC(C)(C)C2. The Balaban J connectivity index is 1.06. The van der Waals surface area contributed by atoms with Crippen LogP contribution in [0.1, 0.15) is 90.7 Å². The number of carbonyl (C=O) groups is 5. The first kappa shape index (κ1) is 53.7. The highest BCUT2D eigenvalue weighted by molar-refractivity contribution is 6.10. The van der Waals surface area contributed by atoms with E-state index in [1.54, 1.807) is 38.5 Å². The Morgan fingerprint density at radius 1 is 0.973 bits per heavy atom. The number of rotatable bonds is 9. The van der Waals surface area contributed by atoms with Crippen molar-refractivity contribution in [2.24, 2.45) is 16.7 Å². The lowest BCUT2D eigenvalue weighted by Gasteiger charge is -2.39. The van der Waals surface area contributed by atoms with Crippen molar-refractivity contribution >= 4 is 46.7 Å². The van der Waals surface area contributed by atoms with Crippen LogP contribution in [0.4, 0.5) is 0 Å². The topological polar surface area (TPSA) is 156 Å². The summed E-state index contributed by atoms with van der Waals surface area (Å²) < 4.78 is 21.1. The standard InChI is InChI=1S/C59H76N8O8/c1-11-64-48-22-21-43-33-45(48)46(51(64)44-18-13-24-60-50(44)40(4)73-10)35-57(5,6)38-75-54(70)47-19-14-26-66(61-47)55(71)59(34-41-16-12-17-42(43)32-41)37-65(59)53(69)52(39(2)3)67(8,9)56(72)58(7)23-27-63(36-58)49(68)20-15-25-62-28-30-74-31-29-62/h12-13,16-18,21-22,24,32-33,37,39-40,47,52,61H,11,14,19,23,25-31,34-36,38H2,1-10H3/q+2/t40-,47-,52-,58+,59+/m0/s1. The number of quaternary nitrogens is 1. The van der Waals surface area contributed by atoms with E-state index in [0.29, 0.717) is 65.1 Å². The summed E-state index contributed by atoms with van der Waals surface area (Å²) in [7, 11) is 5.24. The van der Waals surface area contributed by atoms with E-state index in [2.05, 4.69) is 83.9 Å². The number of likely N-dealkylation sites (tertiary alicyclic amines) is 1. The second-order valence-electron chi connectivity index (χ2n) is 23.2. The molecule has 2 aromatic heterocycles. The average Bonchev–Trinajstić information content (AvgIpc) is 3.90. The molecule has 16 heteroatoms. The van der Waals surface area contributed by atoms with Crippen molar-refractivity contribution in [3.8, 4) is 34.2 Å². The third kappa shape index (κ3) is 10.5. The number of nitrogens with one attached hydrogen (secondary N) is 1. The third-order valence-corrected chi connectivity index (χ3v) is 16.3. The number of esters is 1. The molecule has 7 heterocycles. The van der Waals surface area contributed by atoms with Crippen LogP contribution in [0.5, 0.6) is 0 Å². The van der Waals surface area contributed by atoms with Gasteiger partial charge < -0.3 is 23.7 Å². The Morgan fingerprint density at radius 3 is 2.47 bits per heavy atom. The number of morpholine rings is 1. The van der Waals surface area contributed by atoms with Crippen LogP contribution in [0, 0.1) is 28.6 Å². The molecule has 5 atom stereocenters. The Hall–Kier alpha value is -6.09. The van der Waals surface area contributed by atoms with Gasteiger partial charge in [0.15, 0.2) is 0 Å². The molecule has 1 spiro atoms. The van der Waals surface area contributed by atoms with Gasteiger partial charge in [-0.15, -0.1) is 4.58 Å². The summed E-state index contributed by atoms with van der Waals surface area (Å²) in [5, 5.41) is 2.57. The van der Waals surface area contributed by atoms with E-state index in [-0.39, 0.29) is 59.7 Å². The quantitative estimate of drug-likeness (QED) is 0.0933. The number of nitrogens with zero attached hydrogens (tertiary/aromatic N) is 7. The van der Waals surface area contributed by atoms with E-state index >= 15 is 14.4 Å². The summed E-state index contributed by atoms with van der Waals surface area (Å²) in [6, 6.07) is 17.1. The number of cyclic esters (lactones) is 1. The maximum Gasteiger partial charge on any atom is 0.446 e. The van der Waals surface area contributed by atoms with Crippen molar-refractivity contribution in [1.29, 1.82) is 0 Å². The monoisotopic (exact) mass is 1020 g/mol. The van der Waals surface area contributed by atoms with Gasteiger partial charge in [-0.05, 0) is 98.9 Å². The molecule has 2 aromatic carbocycles. The molecule has 5 aliphatic heterocycles. The van der Waals surface area contributed by atoms with Crippen molar-refractivity contribution < 1.29 is 47.2 Å². The Kier molecular flexibility index (Phi) is 15.1. The van der Waals surface area contributed by atoms with Gasteiger partial charge in [-0.2, -0.15) is 0 Å². The maximum atomic E-state index is 15.4. The molecule has 6 bridgehead atoms. The lowest BCUT2D eigenvalue weighted by atomic mass is 9.84. The highest BCUT2D eigenvalue weighted by Crippen LogP contribution is 2.43. The number of carbonyl (C=O) groups excluding carboxylic acids is 5. The summed E-state index contributed by atoms with van der Waals surface area (Å²) >= 11 is 0. The fourth-order valence-electron chi connectivity index (χ4n) is 12.3. The predicted molar refractivity (Wildman–Crippen MR) is 286 cm³/mol. The molecule has 0 unspecified atom stereocenters. The molecule has 16 nitrogen and oxygen atoms in total. The van der Waals surface area contributed by atoms with Crippen LogP contribution in [-0.4, -0.2) is 167 Å². The van der Waals surface area contributed by atoms with Gasteiger partial charge in [-0.25, -0.2) is 15.0 Å². The van der Waals surface area contributed by atoms with E-state index < -0.39 is 34.4 Å². The lowest BCUT2D eigenvalue weighted by Crippen LogP contribution is -2.65. The van der Waals surface area contributed by atoms with Gasteiger partial charge in [-0.1, -0.05) is 63.9 Å². The maximum absolute atomic E-state index is 15.4. The Bertz CT molecular complexity index is 3000. The zero-order chi connectivity index (χ0) is 53.6. The molecule has 398 valence electrons. The van der Waals surface area contributed by atoms with Gasteiger partial charge in [-0.3, -0.25) is 33.8 Å². The van der Waals surface area contributed by atoms with E-state index in [1.165, 1.54) is 9.58 Å². The highest BCUT2D eigenvalue weighted by atomic mass is 16.5. The lowest BCUT2D eigenvalue weighted by molar-refractivity contribution is -0.842. The first-order valence-corrected chi connectivity index (χ1v) is 26.8. The van der Waals surface area contributed by atoms with Crippen molar-refractivity contribution in [1.82, 2.24) is 29.8 Å². The highest BCUT2D eigenvalue weighted by Gasteiger charge is 2.70. The number of amides is 4. The summed E-state index contributed by atoms with van der Waals surface area (Å²) in [6.45, 7) is 19.1. The first-order valence-electron chi connectivity index (χ1n) is 26.8. The Labute approximate surface area is 441 Å². The molecule has 9 rings (SSSR count). The van der Waals surface area contributed by atoms with E-state index in [4.69, 9.17) is 19.2 Å². The zero-order valence-corrected chi connectivity index (χ0v) is 45.7. The average molecular weight is 1030 g/mol. The first-order chi connectivity index (χ1) is 35.7. The minimum absolute atomic E-state index is 0.131. The minimum Gasteiger partial charge on any atom is -0.464 e. The van der Waals surface area contributed by atoms with Gasteiger partial charge in [0.05, 0.1) is 64.4 Å². The number of ether oxygens (including phenoxy) is 3. The molecule has 3 fully saturated rings. The molecule has 4 amide bonds. The predicted octanol–water partition coefficient (Wildman–Crippen LogP) is 5.83. The Morgan fingerprint density at radius 2 is 1.73 bits per heavy atom. The van der Waals surface area contributed by atoms with Crippen LogP contribution in [0.15, 0.2) is 60.8 Å². The summed E-state index contributed by atoms with van der Waals surface area (Å²) in [5.74, 6) is 3.86. The second kappa shape index (κ2) is 21.1. The number of likely N-dealkylation sites (N-methyl/N-ethyl adjacent to an activating group) is 1. The molecule has 75 heavy (non-hydrogen) atoms. The molecule has 0 saturated carbocycles. The summed E-state index contributed by atoms with van der Waals surface area (Å²) in [6.07, 6.45) is 5.42. The number of pyridine rings is 1. The number of methoxy groups -OCH3 is 1. The minimum atomic E-state index is -1.43. The van der Waals surface area contributed by atoms with Gasteiger partial charge in [0.2, 0.25) is 12.3 Å². The number of aryl methyl sites for hydroxylation is 1. The zero-order valence-electron chi connectivity index (χ0n) is 45.7. The van der Waals surface area contributed by atoms with Crippen molar-refractivity contribution in [3.63, 3.8) is 0 Å². The third-order valence-electron chi connectivity index (χ3n) is 16.3. The normalized spacial score (nSPS) is 24.0. The molecule has 4 aromatic rings. The van der Waals surface area contributed by atoms with Crippen LogP contribution in [0.2, 0.25) is 0 Å². The summed E-state index contributed by atoms with van der Waals surface area (Å²) in [5.41, 5.74) is 8.19. The number of benzene rings is 2. The molecular weight excluding hydrogens is 949 g/mol. The number of hydrazine groups is 1. The number of hydrogen-bond donors (Lipinski definition) is 1. The molecule has 3 saturated heterocycles. The van der Waals surface area contributed by atoms with Gasteiger partial charge in [0, 0.05) is 80.4 Å². The number of hydrogen-bond acceptors (Lipinski definition) is 11. The van der Waals surface area contributed by atoms with E-state index in [9.17, 15) is 9.59 Å². The van der Waals surface area contributed by atoms with Crippen molar-refractivity contribution in [2.45, 2.75) is 111 Å². The van der Waals surface area contributed by atoms with Crippen molar-refractivity contribution in [2.75, 3.05) is 80.3 Å². The van der Waals surface area contributed by atoms with E-state index in [1.807, 2.05) is 45.9 Å². The largest absolute Gasteiger partial charge is 0.464 e. The van der Waals surface area contributed by atoms with Crippen LogP contribution >= 0.6 is 0 Å². The van der Waals surface area contributed by atoms with Gasteiger partial charge >= 0.3 is 29.2 Å². The van der Waals surface area contributed by atoms with Crippen LogP contribution < -0.4 is 5.43 Å². The molecular formula is C59H76N8O8+2. The van der Waals surface area contributed by atoms with Crippen LogP contribution in [0.3, 0.4) is 0 Å². The molecule has 0 radical (unpaired) electrons. The van der Waals surface area contributed by atoms with Crippen LogP contribution in [0.25, 0.3) is 33.3 Å². The van der Waals surface area contributed by atoms with Crippen LogP contribution in [-0.2, 0) is 57.6 Å². The number of fused-ring (bicyclic) bond motifs is 6. The second-order valence-corrected chi connectivity index (χ2v) is 23.2. The fourth-order valence-corrected chi connectivity index (χ4v) is 12.3. The smallest absolute Gasteiger partial charge is 0.446 e.